The first-order valence-corrected chi connectivity index (χ1v) is 9.00. The number of methoxy groups -OCH3 is 1. The first-order chi connectivity index (χ1) is 13.1. The van der Waals surface area contributed by atoms with Gasteiger partial charge in [0.05, 0.1) is 25.7 Å². The maximum atomic E-state index is 12.6. The van der Waals surface area contributed by atoms with Gasteiger partial charge in [0.25, 0.3) is 0 Å². The van der Waals surface area contributed by atoms with Crippen molar-refractivity contribution in [3.8, 4) is 17.2 Å². The van der Waals surface area contributed by atoms with E-state index < -0.39 is 12.0 Å². The Kier molecular flexibility index (Phi) is 3.59. The number of carbonyl (C=O) groups excluding carboxylic acids is 1. The summed E-state index contributed by atoms with van der Waals surface area (Å²) in [5.41, 5.74) is 3.65. The van der Waals surface area contributed by atoms with E-state index in [0.29, 0.717) is 11.5 Å². The van der Waals surface area contributed by atoms with Crippen molar-refractivity contribution in [2.45, 2.75) is 18.9 Å². The molecule has 1 fully saturated rings. The van der Waals surface area contributed by atoms with Crippen LogP contribution in [0.25, 0.3) is 0 Å². The molecular formula is C21H20O6. The Morgan fingerprint density at radius 2 is 1.78 bits per heavy atom. The van der Waals surface area contributed by atoms with Crippen LogP contribution >= 0.6 is 0 Å². The van der Waals surface area contributed by atoms with Crippen molar-refractivity contribution in [3.05, 3.63) is 52.6 Å². The molecule has 0 spiro atoms. The quantitative estimate of drug-likeness (QED) is 0.822. The van der Waals surface area contributed by atoms with Crippen LogP contribution in [0.15, 0.2) is 30.3 Å². The summed E-state index contributed by atoms with van der Waals surface area (Å²) < 4.78 is 21.8. The highest BCUT2D eigenvalue weighted by Crippen LogP contribution is 2.54. The second kappa shape index (κ2) is 5.89. The minimum Gasteiger partial charge on any atom is -0.497 e. The number of benzene rings is 2. The summed E-state index contributed by atoms with van der Waals surface area (Å²) in [4.78, 5) is 12.6. The molecule has 1 saturated heterocycles. The van der Waals surface area contributed by atoms with Gasteiger partial charge in [0.2, 0.25) is 6.79 Å². The number of aliphatic hydroxyl groups is 1. The van der Waals surface area contributed by atoms with Crippen LogP contribution in [0.1, 0.15) is 34.3 Å². The molecule has 0 unspecified atom stereocenters. The normalized spacial score (nSPS) is 27.7. The van der Waals surface area contributed by atoms with Crippen molar-refractivity contribution in [3.63, 3.8) is 0 Å². The van der Waals surface area contributed by atoms with Crippen LogP contribution < -0.4 is 14.2 Å². The maximum Gasteiger partial charge on any atom is 0.310 e. The number of hydrogen-bond donors (Lipinski definition) is 1. The average molecular weight is 368 g/mol. The van der Waals surface area contributed by atoms with Gasteiger partial charge in [-0.1, -0.05) is 6.07 Å². The predicted octanol–water partition coefficient (Wildman–Crippen LogP) is 2.70. The highest BCUT2D eigenvalue weighted by atomic mass is 16.7. The Bertz CT molecular complexity index is 937. The lowest BCUT2D eigenvalue weighted by molar-refractivity contribution is -0.141. The monoisotopic (exact) mass is 368 g/mol. The van der Waals surface area contributed by atoms with Gasteiger partial charge in [-0.15, -0.1) is 0 Å². The van der Waals surface area contributed by atoms with Gasteiger partial charge >= 0.3 is 5.97 Å². The lowest BCUT2D eigenvalue weighted by atomic mass is 9.66. The van der Waals surface area contributed by atoms with E-state index in [1.54, 1.807) is 7.11 Å². The lowest BCUT2D eigenvalue weighted by Gasteiger charge is -2.36. The Labute approximate surface area is 156 Å². The van der Waals surface area contributed by atoms with E-state index in [1.165, 1.54) is 0 Å². The zero-order valence-electron chi connectivity index (χ0n) is 15.1. The number of ether oxygens (including phenoxy) is 4. The van der Waals surface area contributed by atoms with E-state index in [0.717, 1.165) is 28.0 Å². The molecule has 2 aromatic rings. The molecule has 4 atom stereocenters. The number of rotatable bonds is 2. The van der Waals surface area contributed by atoms with Gasteiger partial charge in [0.15, 0.2) is 11.5 Å². The fourth-order valence-corrected chi connectivity index (χ4v) is 4.61. The summed E-state index contributed by atoms with van der Waals surface area (Å²) in [5.74, 6) is 0.745. The van der Waals surface area contributed by atoms with Crippen molar-refractivity contribution in [2.24, 2.45) is 11.8 Å². The number of aliphatic hydroxyl groups excluding tert-OH is 1. The van der Waals surface area contributed by atoms with Crippen LogP contribution in [0, 0.1) is 18.8 Å². The molecule has 2 aliphatic heterocycles. The molecule has 5 rings (SSSR count). The van der Waals surface area contributed by atoms with Crippen LogP contribution in [-0.2, 0) is 9.53 Å². The molecule has 6 nitrogen and oxygen atoms in total. The summed E-state index contributed by atoms with van der Waals surface area (Å²) in [5, 5.41) is 10.9. The van der Waals surface area contributed by atoms with E-state index in [-0.39, 0.29) is 31.2 Å². The van der Waals surface area contributed by atoms with Crippen LogP contribution in [0.2, 0.25) is 0 Å². The summed E-state index contributed by atoms with van der Waals surface area (Å²) in [6, 6.07) is 9.68. The Hall–Kier alpha value is -2.73. The highest BCUT2D eigenvalue weighted by molar-refractivity contribution is 5.78. The highest BCUT2D eigenvalue weighted by Gasteiger charge is 2.52. The molecule has 6 heteroatoms. The third-order valence-electron chi connectivity index (χ3n) is 5.82. The largest absolute Gasteiger partial charge is 0.497 e. The first-order valence-electron chi connectivity index (χ1n) is 9.00. The lowest BCUT2D eigenvalue weighted by Crippen LogP contribution is -2.34. The van der Waals surface area contributed by atoms with E-state index >= 15 is 0 Å². The fourth-order valence-electron chi connectivity index (χ4n) is 4.61. The second-order valence-corrected chi connectivity index (χ2v) is 7.36. The molecule has 2 heterocycles. The Balaban J connectivity index is 1.74. The van der Waals surface area contributed by atoms with Crippen molar-refractivity contribution >= 4 is 5.97 Å². The molecular weight excluding hydrogens is 348 g/mol. The number of cyclic esters (lactones) is 1. The molecule has 0 aromatic heterocycles. The minimum atomic E-state index is -0.783. The van der Waals surface area contributed by atoms with Crippen molar-refractivity contribution in [2.75, 3.05) is 20.5 Å². The van der Waals surface area contributed by atoms with E-state index in [1.807, 2.05) is 31.2 Å². The average Bonchev–Trinajstić information content (AvgIpc) is 3.27. The van der Waals surface area contributed by atoms with Gasteiger partial charge in [-0.3, -0.25) is 4.79 Å². The minimum absolute atomic E-state index is 0.159. The number of fused-ring (bicyclic) bond motifs is 3. The van der Waals surface area contributed by atoms with Gasteiger partial charge in [-0.25, -0.2) is 0 Å². The van der Waals surface area contributed by atoms with Gasteiger partial charge < -0.3 is 24.1 Å². The Morgan fingerprint density at radius 1 is 1.04 bits per heavy atom. The molecule has 0 bridgehead atoms. The smallest absolute Gasteiger partial charge is 0.310 e. The van der Waals surface area contributed by atoms with Gasteiger partial charge in [0.1, 0.15) is 5.75 Å². The van der Waals surface area contributed by atoms with E-state index in [9.17, 15) is 9.90 Å². The molecule has 1 aliphatic carbocycles. The number of carbonyl (C=O) groups is 1. The molecule has 27 heavy (non-hydrogen) atoms. The standard InChI is InChI=1S/C21H20O6/c1-10-3-11(5-12(4-10)24-2)18-13-6-16-17(27-9-26-16)7-14(13)20(22)15-8-25-21(23)19(15)18/h3-7,15,18-20,22H,8-9H2,1-2H3/t15-,18+,19+,20-/m0/s1. The zero-order valence-corrected chi connectivity index (χ0v) is 15.1. The zero-order chi connectivity index (χ0) is 18.7. The van der Waals surface area contributed by atoms with Gasteiger partial charge in [0, 0.05) is 11.8 Å². The van der Waals surface area contributed by atoms with Crippen molar-refractivity contribution in [1.29, 1.82) is 0 Å². The summed E-state index contributed by atoms with van der Waals surface area (Å²) in [7, 11) is 1.63. The second-order valence-electron chi connectivity index (χ2n) is 7.36. The number of hydrogen-bond acceptors (Lipinski definition) is 6. The first kappa shape index (κ1) is 16.4. The van der Waals surface area contributed by atoms with Gasteiger partial charge in [-0.05, 0) is 53.4 Å². The summed E-state index contributed by atoms with van der Waals surface area (Å²) in [6.45, 7) is 2.37. The fraction of sp³-hybridized carbons (Fsp3) is 0.381. The SMILES string of the molecule is COc1cc(C)cc([C@@H]2c3cc4c(cc3[C@H](O)[C@H]3COC(=O)[C@@H]23)OCO4)c1. The molecule has 0 radical (unpaired) electrons. The maximum absolute atomic E-state index is 12.6. The molecule has 2 aromatic carbocycles. The predicted molar refractivity (Wildman–Crippen MR) is 95.0 cm³/mol. The van der Waals surface area contributed by atoms with Crippen LogP contribution in [0.4, 0.5) is 0 Å². The molecule has 1 N–H and O–H groups in total. The molecule has 0 saturated carbocycles. The summed E-state index contributed by atoms with van der Waals surface area (Å²) in [6.07, 6.45) is -0.783. The van der Waals surface area contributed by atoms with Crippen molar-refractivity contribution < 1.29 is 28.8 Å². The third-order valence-corrected chi connectivity index (χ3v) is 5.82. The topological polar surface area (TPSA) is 74.2 Å². The summed E-state index contributed by atoms with van der Waals surface area (Å²) >= 11 is 0. The van der Waals surface area contributed by atoms with E-state index in [4.69, 9.17) is 18.9 Å². The number of esters is 1. The third kappa shape index (κ3) is 2.40. The van der Waals surface area contributed by atoms with Crippen LogP contribution in [-0.4, -0.2) is 31.6 Å². The number of aryl methyl sites for hydroxylation is 1. The molecule has 0 amide bonds. The molecule has 3 aliphatic rings. The molecule has 140 valence electrons. The van der Waals surface area contributed by atoms with Crippen LogP contribution in [0.3, 0.4) is 0 Å². The van der Waals surface area contributed by atoms with Crippen LogP contribution in [0.5, 0.6) is 17.2 Å². The van der Waals surface area contributed by atoms with E-state index in [2.05, 4.69) is 6.07 Å². The Morgan fingerprint density at radius 3 is 2.52 bits per heavy atom. The van der Waals surface area contributed by atoms with Crippen molar-refractivity contribution in [1.82, 2.24) is 0 Å². The van der Waals surface area contributed by atoms with Gasteiger partial charge in [-0.2, -0.15) is 0 Å².